The van der Waals surface area contributed by atoms with Crippen molar-refractivity contribution in [2.45, 2.75) is 32.7 Å². The van der Waals surface area contributed by atoms with Crippen LogP contribution in [0.5, 0.6) is 11.5 Å². The fourth-order valence-electron chi connectivity index (χ4n) is 3.00. The number of aliphatic imine (C=N–C) groups is 1. The number of nitrogens with one attached hydrogen (secondary N) is 2. The minimum atomic E-state index is -0.112. The van der Waals surface area contributed by atoms with Crippen molar-refractivity contribution in [3.05, 3.63) is 48.3 Å². The Labute approximate surface area is 161 Å². The third kappa shape index (κ3) is 5.18. The first-order chi connectivity index (χ1) is 13.1. The number of ether oxygens (including phenoxy) is 2. The van der Waals surface area contributed by atoms with E-state index in [1.165, 1.54) is 5.56 Å². The summed E-state index contributed by atoms with van der Waals surface area (Å²) >= 11 is 0. The Morgan fingerprint density at radius 1 is 1.11 bits per heavy atom. The van der Waals surface area contributed by atoms with Gasteiger partial charge in [-0.05, 0) is 36.8 Å². The van der Waals surface area contributed by atoms with Gasteiger partial charge in [0.05, 0.1) is 6.54 Å². The fourth-order valence-corrected chi connectivity index (χ4v) is 3.00. The van der Waals surface area contributed by atoms with Crippen LogP contribution in [0.2, 0.25) is 0 Å². The van der Waals surface area contributed by atoms with Crippen molar-refractivity contribution in [3.63, 3.8) is 0 Å². The first kappa shape index (κ1) is 19.1. The number of nitrogens with zero attached hydrogens (tertiary/aromatic N) is 2. The number of guanidine groups is 1. The van der Waals surface area contributed by atoms with Gasteiger partial charge < -0.3 is 24.7 Å². The van der Waals surface area contributed by atoms with Crippen LogP contribution >= 0.6 is 0 Å². The minimum absolute atomic E-state index is 0.112. The van der Waals surface area contributed by atoms with Crippen LogP contribution in [0.25, 0.3) is 0 Å². The summed E-state index contributed by atoms with van der Waals surface area (Å²) in [4.78, 5) is 4.81. The molecule has 6 heteroatoms. The molecule has 6 nitrogen and oxygen atoms in total. The summed E-state index contributed by atoms with van der Waals surface area (Å²) in [5.41, 5.74) is 1.08. The SMILES string of the molecule is CCNC(=NCC(C)(C)c1ccc2c(c1)OCCO2)NCCn1cccc1. The van der Waals surface area contributed by atoms with Gasteiger partial charge in [-0.3, -0.25) is 4.99 Å². The molecule has 0 fully saturated rings. The topological polar surface area (TPSA) is 59.8 Å². The van der Waals surface area contributed by atoms with Gasteiger partial charge in [0, 0.05) is 37.4 Å². The van der Waals surface area contributed by atoms with Gasteiger partial charge in [-0.2, -0.15) is 0 Å². The number of benzene rings is 1. The largest absolute Gasteiger partial charge is 0.486 e. The molecule has 1 aliphatic heterocycles. The molecule has 3 rings (SSSR count). The summed E-state index contributed by atoms with van der Waals surface area (Å²) in [5.74, 6) is 2.49. The Morgan fingerprint density at radius 2 is 1.85 bits per heavy atom. The maximum Gasteiger partial charge on any atom is 0.191 e. The summed E-state index contributed by atoms with van der Waals surface area (Å²) in [5, 5.41) is 6.73. The van der Waals surface area contributed by atoms with Crippen molar-refractivity contribution < 1.29 is 9.47 Å². The number of rotatable bonds is 7. The average molecular weight is 370 g/mol. The van der Waals surface area contributed by atoms with Crippen LogP contribution in [0.4, 0.5) is 0 Å². The van der Waals surface area contributed by atoms with Crippen molar-refractivity contribution in [2.75, 3.05) is 32.8 Å². The van der Waals surface area contributed by atoms with Crippen molar-refractivity contribution in [2.24, 2.45) is 4.99 Å². The third-order valence-corrected chi connectivity index (χ3v) is 4.63. The van der Waals surface area contributed by atoms with Gasteiger partial charge in [0.1, 0.15) is 13.2 Å². The highest BCUT2D eigenvalue weighted by Crippen LogP contribution is 2.35. The molecule has 1 aromatic heterocycles. The van der Waals surface area contributed by atoms with Crippen molar-refractivity contribution in [1.29, 1.82) is 0 Å². The molecule has 2 aromatic rings. The molecular weight excluding hydrogens is 340 g/mol. The van der Waals surface area contributed by atoms with E-state index in [1.807, 2.05) is 18.2 Å². The van der Waals surface area contributed by atoms with E-state index >= 15 is 0 Å². The van der Waals surface area contributed by atoms with Gasteiger partial charge in [0.15, 0.2) is 17.5 Å². The molecule has 0 radical (unpaired) electrons. The van der Waals surface area contributed by atoms with E-state index in [4.69, 9.17) is 14.5 Å². The molecule has 0 aliphatic carbocycles. The summed E-state index contributed by atoms with van der Waals surface area (Å²) in [6.45, 7) is 10.9. The first-order valence-corrected chi connectivity index (χ1v) is 9.61. The summed E-state index contributed by atoms with van der Waals surface area (Å²) < 4.78 is 13.5. The molecule has 0 saturated heterocycles. The lowest BCUT2D eigenvalue weighted by molar-refractivity contribution is 0.171. The highest BCUT2D eigenvalue weighted by atomic mass is 16.6. The molecule has 1 aromatic carbocycles. The molecule has 0 spiro atoms. The van der Waals surface area contributed by atoms with E-state index in [2.05, 4.69) is 60.5 Å². The third-order valence-electron chi connectivity index (χ3n) is 4.63. The summed E-state index contributed by atoms with van der Waals surface area (Å²) in [6.07, 6.45) is 4.13. The van der Waals surface area contributed by atoms with Gasteiger partial charge >= 0.3 is 0 Å². The Kier molecular flexibility index (Phi) is 6.27. The van der Waals surface area contributed by atoms with Crippen LogP contribution < -0.4 is 20.1 Å². The summed E-state index contributed by atoms with van der Waals surface area (Å²) in [7, 11) is 0. The van der Waals surface area contributed by atoms with E-state index in [0.717, 1.165) is 37.1 Å². The van der Waals surface area contributed by atoms with Gasteiger partial charge in [0.2, 0.25) is 0 Å². The zero-order valence-electron chi connectivity index (χ0n) is 16.5. The Balaban J connectivity index is 1.62. The predicted octanol–water partition coefficient (Wildman–Crippen LogP) is 2.79. The Bertz CT molecular complexity index is 754. The normalized spacial score (nSPS) is 14.1. The molecular formula is C21H30N4O2. The minimum Gasteiger partial charge on any atom is -0.486 e. The number of hydrogen-bond donors (Lipinski definition) is 2. The molecule has 2 N–H and O–H groups in total. The lowest BCUT2D eigenvalue weighted by Gasteiger charge is -2.26. The highest BCUT2D eigenvalue weighted by molar-refractivity contribution is 5.79. The van der Waals surface area contributed by atoms with Crippen LogP contribution in [0.15, 0.2) is 47.7 Å². The molecule has 0 bridgehead atoms. The van der Waals surface area contributed by atoms with Crippen molar-refractivity contribution in [1.82, 2.24) is 15.2 Å². The second kappa shape index (κ2) is 8.84. The second-order valence-corrected chi connectivity index (χ2v) is 7.29. The van der Waals surface area contributed by atoms with Crippen LogP contribution in [-0.2, 0) is 12.0 Å². The lowest BCUT2D eigenvalue weighted by Crippen LogP contribution is -2.39. The lowest BCUT2D eigenvalue weighted by atomic mass is 9.84. The van der Waals surface area contributed by atoms with Crippen LogP contribution in [-0.4, -0.2) is 43.4 Å². The molecule has 1 aliphatic rings. The number of hydrogen-bond acceptors (Lipinski definition) is 3. The van der Waals surface area contributed by atoms with Crippen molar-refractivity contribution >= 4 is 5.96 Å². The number of fused-ring (bicyclic) bond motifs is 1. The van der Waals surface area contributed by atoms with E-state index in [1.54, 1.807) is 0 Å². The monoisotopic (exact) mass is 370 g/mol. The maximum absolute atomic E-state index is 5.72. The zero-order valence-corrected chi connectivity index (χ0v) is 16.5. The van der Waals surface area contributed by atoms with Crippen LogP contribution in [0.3, 0.4) is 0 Å². The molecule has 0 amide bonds. The zero-order chi connectivity index (χ0) is 19.1. The molecule has 0 saturated carbocycles. The molecule has 0 atom stereocenters. The number of aromatic nitrogens is 1. The standard InChI is InChI=1S/C21H30N4O2/c1-4-22-20(23-9-12-25-10-5-6-11-25)24-16-21(2,3)17-7-8-18-19(15-17)27-14-13-26-18/h5-8,10-11,15H,4,9,12-14,16H2,1-3H3,(H2,22,23,24). The first-order valence-electron chi connectivity index (χ1n) is 9.61. The van der Waals surface area contributed by atoms with Gasteiger partial charge in [-0.25, -0.2) is 0 Å². The van der Waals surface area contributed by atoms with Crippen molar-refractivity contribution in [3.8, 4) is 11.5 Å². The van der Waals surface area contributed by atoms with Crippen LogP contribution in [0.1, 0.15) is 26.3 Å². The van der Waals surface area contributed by atoms with Gasteiger partial charge in [-0.15, -0.1) is 0 Å². The molecule has 27 heavy (non-hydrogen) atoms. The van der Waals surface area contributed by atoms with E-state index in [-0.39, 0.29) is 5.41 Å². The maximum atomic E-state index is 5.72. The fraction of sp³-hybridized carbons (Fsp3) is 0.476. The highest BCUT2D eigenvalue weighted by Gasteiger charge is 2.23. The van der Waals surface area contributed by atoms with Gasteiger partial charge in [0.25, 0.3) is 0 Å². The smallest absolute Gasteiger partial charge is 0.191 e. The quantitative estimate of drug-likeness (QED) is 0.581. The summed E-state index contributed by atoms with van der Waals surface area (Å²) in [6, 6.07) is 10.3. The molecule has 0 unspecified atom stereocenters. The van der Waals surface area contributed by atoms with E-state index in [0.29, 0.717) is 19.8 Å². The average Bonchev–Trinajstić information content (AvgIpc) is 3.19. The second-order valence-electron chi connectivity index (χ2n) is 7.29. The van der Waals surface area contributed by atoms with Crippen LogP contribution in [0, 0.1) is 0 Å². The van der Waals surface area contributed by atoms with E-state index in [9.17, 15) is 0 Å². The van der Waals surface area contributed by atoms with E-state index < -0.39 is 0 Å². The van der Waals surface area contributed by atoms with Gasteiger partial charge in [-0.1, -0.05) is 19.9 Å². The molecule has 146 valence electrons. The Morgan fingerprint density at radius 3 is 2.59 bits per heavy atom. The molecule has 2 heterocycles. The Hall–Kier alpha value is -2.63. The predicted molar refractivity (Wildman–Crippen MR) is 109 cm³/mol.